The third kappa shape index (κ3) is 4.69. The first kappa shape index (κ1) is 21.8. The van der Waals surface area contributed by atoms with Crippen LogP contribution in [0.15, 0.2) is 53.5 Å². The number of piperazine rings is 1. The largest absolute Gasteiger partial charge is 0.497 e. The van der Waals surface area contributed by atoms with E-state index in [1.165, 1.54) is 5.56 Å². The number of fused-ring (bicyclic) bond motifs is 2. The maximum absolute atomic E-state index is 13.4. The highest BCUT2D eigenvalue weighted by Crippen LogP contribution is 2.39. The summed E-state index contributed by atoms with van der Waals surface area (Å²) >= 11 is 0.994. The van der Waals surface area contributed by atoms with E-state index in [2.05, 4.69) is 32.7 Å². The van der Waals surface area contributed by atoms with Crippen molar-refractivity contribution in [3.8, 4) is 5.75 Å². The molecule has 6 nitrogen and oxygen atoms in total. The Morgan fingerprint density at radius 1 is 1.18 bits per heavy atom. The molecule has 1 aromatic heterocycles. The lowest BCUT2D eigenvalue weighted by molar-refractivity contribution is 0.151. The van der Waals surface area contributed by atoms with Crippen molar-refractivity contribution in [1.29, 1.82) is 0 Å². The van der Waals surface area contributed by atoms with Gasteiger partial charge in [0.15, 0.2) is 10.8 Å². The number of benzene rings is 2. The van der Waals surface area contributed by atoms with E-state index in [1.54, 1.807) is 7.11 Å². The SMILES string of the molecule is COc1ccc(CC[C@H]2CN(C3=Nc4ccccc4Nc4sc(C(F)F)nc43)CCN2)cc1. The monoisotopic (exact) mass is 469 g/mol. The number of nitrogens with zero attached hydrogens (tertiary/aromatic N) is 3. The highest BCUT2D eigenvalue weighted by atomic mass is 32.1. The van der Waals surface area contributed by atoms with E-state index in [9.17, 15) is 8.78 Å². The van der Waals surface area contributed by atoms with Gasteiger partial charge in [0.25, 0.3) is 6.43 Å². The zero-order chi connectivity index (χ0) is 22.8. The summed E-state index contributed by atoms with van der Waals surface area (Å²) < 4.78 is 32.1. The van der Waals surface area contributed by atoms with Gasteiger partial charge in [0.1, 0.15) is 16.4 Å². The lowest BCUT2D eigenvalue weighted by atomic mass is 10.0. The maximum Gasteiger partial charge on any atom is 0.289 e. The number of hydrogen-bond donors (Lipinski definition) is 2. The molecule has 0 unspecified atom stereocenters. The average molecular weight is 470 g/mol. The minimum atomic E-state index is -2.61. The van der Waals surface area contributed by atoms with Crippen molar-refractivity contribution in [2.24, 2.45) is 4.99 Å². The Bertz CT molecular complexity index is 1150. The zero-order valence-electron chi connectivity index (χ0n) is 18.2. The molecular weight excluding hydrogens is 444 g/mol. The third-order valence-electron chi connectivity index (χ3n) is 5.92. The smallest absolute Gasteiger partial charge is 0.289 e. The van der Waals surface area contributed by atoms with Gasteiger partial charge in [-0.1, -0.05) is 35.6 Å². The van der Waals surface area contributed by atoms with Crippen molar-refractivity contribution in [3.05, 3.63) is 64.8 Å². The number of aryl methyl sites for hydroxylation is 1. The van der Waals surface area contributed by atoms with Gasteiger partial charge in [-0.05, 0) is 42.7 Å². The number of thiazole rings is 1. The predicted molar refractivity (Wildman–Crippen MR) is 128 cm³/mol. The lowest BCUT2D eigenvalue weighted by Crippen LogP contribution is -2.53. The Kier molecular flexibility index (Phi) is 6.24. The van der Waals surface area contributed by atoms with Crippen molar-refractivity contribution in [1.82, 2.24) is 15.2 Å². The fraction of sp³-hybridized carbons (Fsp3) is 0.333. The standard InChI is InChI=1S/C24H25F2N5OS/c1-32-17-10-7-15(8-11-17)6-9-16-14-31(13-12-27-16)22-20-23(33-24(30-20)21(25)26)29-19-5-3-2-4-18(19)28-22/h2-5,7-8,10-11,16,21,27,29H,6,9,12-14H2,1H3/t16-/m0/s1. The molecule has 0 bridgehead atoms. The summed E-state index contributed by atoms with van der Waals surface area (Å²) in [5, 5.41) is 7.28. The molecule has 9 heteroatoms. The van der Waals surface area contributed by atoms with Gasteiger partial charge in [0.2, 0.25) is 0 Å². The molecule has 0 amide bonds. The van der Waals surface area contributed by atoms with Crippen LogP contribution in [0.4, 0.5) is 25.2 Å². The Morgan fingerprint density at radius 3 is 2.79 bits per heavy atom. The number of ether oxygens (including phenoxy) is 1. The number of rotatable bonds is 5. The Labute approximate surface area is 195 Å². The maximum atomic E-state index is 13.4. The van der Waals surface area contributed by atoms with Crippen LogP contribution in [0, 0.1) is 0 Å². The molecule has 1 saturated heterocycles. The van der Waals surface area contributed by atoms with Crippen LogP contribution in [0.2, 0.25) is 0 Å². The topological polar surface area (TPSA) is 61.8 Å². The fourth-order valence-electron chi connectivity index (χ4n) is 4.20. The number of halogens is 2. The molecule has 1 fully saturated rings. The minimum absolute atomic E-state index is 0.189. The number of anilines is 2. The molecule has 0 spiro atoms. The molecule has 2 aromatic carbocycles. The number of methoxy groups -OCH3 is 1. The number of nitrogens with one attached hydrogen (secondary N) is 2. The van der Waals surface area contributed by atoms with Gasteiger partial charge >= 0.3 is 0 Å². The van der Waals surface area contributed by atoms with Crippen LogP contribution in [0.1, 0.15) is 29.1 Å². The Balaban J connectivity index is 1.38. The number of amidine groups is 1. The molecule has 0 radical (unpaired) electrons. The quantitative estimate of drug-likeness (QED) is 0.542. The van der Waals surface area contributed by atoms with E-state index in [0.717, 1.165) is 60.9 Å². The molecule has 33 heavy (non-hydrogen) atoms. The molecule has 2 aliphatic heterocycles. The van der Waals surface area contributed by atoms with Crippen LogP contribution in [0.3, 0.4) is 0 Å². The first-order chi connectivity index (χ1) is 16.1. The van der Waals surface area contributed by atoms with E-state index in [4.69, 9.17) is 9.73 Å². The summed E-state index contributed by atoms with van der Waals surface area (Å²) in [6, 6.07) is 16.0. The van der Waals surface area contributed by atoms with Gasteiger partial charge in [-0.3, -0.25) is 0 Å². The highest BCUT2D eigenvalue weighted by molar-refractivity contribution is 7.16. The number of para-hydroxylation sites is 2. The molecule has 2 N–H and O–H groups in total. The van der Waals surface area contributed by atoms with E-state index < -0.39 is 6.43 Å². The van der Waals surface area contributed by atoms with Gasteiger partial charge in [-0.25, -0.2) is 18.8 Å². The zero-order valence-corrected chi connectivity index (χ0v) is 19.0. The lowest BCUT2D eigenvalue weighted by Gasteiger charge is -2.35. The Morgan fingerprint density at radius 2 is 2.00 bits per heavy atom. The molecule has 2 aliphatic rings. The molecule has 172 valence electrons. The van der Waals surface area contributed by atoms with E-state index >= 15 is 0 Å². The molecule has 5 rings (SSSR count). The second-order valence-electron chi connectivity index (χ2n) is 8.09. The number of aromatic nitrogens is 1. The second-order valence-corrected chi connectivity index (χ2v) is 9.12. The molecule has 0 aliphatic carbocycles. The first-order valence-electron chi connectivity index (χ1n) is 11.0. The molecule has 0 saturated carbocycles. The second kappa shape index (κ2) is 9.44. The number of aliphatic imine (C=N–C) groups is 1. The van der Waals surface area contributed by atoms with E-state index in [1.807, 2.05) is 36.4 Å². The summed E-state index contributed by atoms with van der Waals surface area (Å²) in [6.07, 6.45) is -0.721. The van der Waals surface area contributed by atoms with Crippen LogP contribution in [-0.2, 0) is 6.42 Å². The Hall–Kier alpha value is -3.04. The van der Waals surface area contributed by atoms with Crippen LogP contribution >= 0.6 is 11.3 Å². The van der Waals surface area contributed by atoms with Crippen LogP contribution in [0.5, 0.6) is 5.75 Å². The average Bonchev–Trinajstić information content (AvgIpc) is 3.20. The van der Waals surface area contributed by atoms with Crippen LogP contribution in [-0.4, -0.2) is 48.5 Å². The summed E-state index contributed by atoms with van der Waals surface area (Å²) in [7, 11) is 1.66. The predicted octanol–water partition coefficient (Wildman–Crippen LogP) is 5.13. The van der Waals surface area contributed by atoms with Gasteiger partial charge in [-0.15, -0.1) is 0 Å². The van der Waals surface area contributed by atoms with Gasteiger partial charge in [-0.2, -0.15) is 0 Å². The van der Waals surface area contributed by atoms with Crippen molar-refractivity contribution in [2.45, 2.75) is 25.3 Å². The number of alkyl halides is 2. The van der Waals surface area contributed by atoms with Crippen molar-refractivity contribution in [3.63, 3.8) is 0 Å². The molecule has 3 heterocycles. The minimum Gasteiger partial charge on any atom is -0.497 e. The fourth-order valence-corrected chi connectivity index (χ4v) is 5.03. The summed E-state index contributed by atoms with van der Waals surface area (Å²) in [5.41, 5.74) is 3.33. The first-order valence-corrected chi connectivity index (χ1v) is 11.8. The summed E-state index contributed by atoms with van der Waals surface area (Å²) in [4.78, 5) is 11.3. The van der Waals surface area contributed by atoms with Gasteiger partial charge in [0, 0.05) is 25.7 Å². The van der Waals surface area contributed by atoms with E-state index in [-0.39, 0.29) is 11.0 Å². The molecular formula is C24H25F2N5OS. The van der Waals surface area contributed by atoms with Crippen molar-refractivity contribution in [2.75, 3.05) is 32.1 Å². The van der Waals surface area contributed by atoms with Crippen LogP contribution in [0.25, 0.3) is 0 Å². The summed E-state index contributed by atoms with van der Waals surface area (Å²) in [5.74, 6) is 1.50. The van der Waals surface area contributed by atoms with Gasteiger partial charge < -0.3 is 20.3 Å². The number of hydrogen-bond acceptors (Lipinski definition) is 7. The molecule has 3 aromatic rings. The van der Waals surface area contributed by atoms with Crippen molar-refractivity contribution >= 4 is 33.5 Å². The third-order valence-corrected chi connectivity index (χ3v) is 6.89. The van der Waals surface area contributed by atoms with E-state index in [0.29, 0.717) is 16.5 Å². The van der Waals surface area contributed by atoms with Crippen molar-refractivity contribution < 1.29 is 13.5 Å². The van der Waals surface area contributed by atoms with Crippen LogP contribution < -0.4 is 15.4 Å². The molecule has 1 atom stereocenters. The summed E-state index contributed by atoms with van der Waals surface area (Å²) in [6.45, 7) is 2.27. The van der Waals surface area contributed by atoms with Gasteiger partial charge in [0.05, 0.1) is 18.5 Å². The highest BCUT2D eigenvalue weighted by Gasteiger charge is 2.30. The normalized spacial score (nSPS) is 17.6.